The van der Waals surface area contributed by atoms with Gasteiger partial charge in [0.25, 0.3) is 0 Å². The highest BCUT2D eigenvalue weighted by molar-refractivity contribution is 6.32. The quantitative estimate of drug-likeness (QED) is 0.879. The second-order valence-electron chi connectivity index (χ2n) is 5.34. The molecule has 3 rings (SSSR count). The van der Waals surface area contributed by atoms with Gasteiger partial charge in [-0.05, 0) is 19.1 Å². The fourth-order valence-electron chi connectivity index (χ4n) is 2.23. The molecule has 3 N–H and O–H groups in total. The Morgan fingerprint density at radius 1 is 1.43 bits per heavy atom. The zero-order chi connectivity index (χ0) is 15.0. The van der Waals surface area contributed by atoms with E-state index < -0.39 is 5.41 Å². The summed E-state index contributed by atoms with van der Waals surface area (Å²) in [4.78, 5) is 21.0. The van der Waals surface area contributed by atoms with E-state index in [-0.39, 0.29) is 29.5 Å². The van der Waals surface area contributed by atoms with Crippen molar-refractivity contribution in [2.75, 3.05) is 18.5 Å². The smallest absolute Gasteiger partial charge is 0.235 e. The number of rotatable bonds is 2. The molecule has 1 aromatic carbocycles. The molecule has 1 fully saturated rings. The number of aromatic nitrogens is 2. The van der Waals surface area contributed by atoms with Crippen molar-refractivity contribution < 1.29 is 9.53 Å². The molecule has 7 heteroatoms. The molecule has 1 saturated heterocycles. The summed E-state index contributed by atoms with van der Waals surface area (Å²) in [5.74, 6) is -0.0281. The maximum absolute atomic E-state index is 12.4. The number of amides is 1. The number of nitrogens with one attached hydrogen (secondary N) is 1. The van der Waals surface area contributed by atoms with E-state index in [9.17, 15) is 4.79 Å². The molecule has 2 heterocycles. The highest BCUT2D eigenvalue weighted by Gasteiger charge is 2.44. The minimum atomic E-state index is -0.795. The van der Waals surface area contributed by atoms with E-state index >= 15 is 0 Å². The van der Waals surface area contributed by atoms with Crippen LogP contribution in [0.4, 0.5) is 5.82 Å². The lowest BCUT2D eigenvalue weighted by atomic mass is 9.85. The van der Waals surface area contributed by atoms with Crippen LogP contribution in [0.5, 0.6) is 0 Å². The van der Waals surface area contributed by atoms with Crippen molar-refractivity contribution in [3.05, 3.63) is 29.4 Å². The monoisotopic (exact) mass is 306 g/mol. The number of para-hydroxylation sites is 2. The van der Waals surface area contributed by atoms with E-state index in [1.54, 1.807) is 13.0 Å². The van der Waals surface area contributed by atoms with E-state index in [0.29, 0.717) is 17.6 Å². The van der Waals surface area contributed by atoms with Gasteiger partial charge in [-0.1, -0.05) is 23.7 Å². The molecule has 0 saturated carbocycles. The topological polar surface area (TPSA) is 90.1 Å². The average molecular weight is 307 g/mol. The van der Waals surface area contributed by atoms with E-state index in [1.807, 2.05) is 18.2 Å². The lowest BCUT2D eigenvalue weighted by Crippen LogP contribution is -2.47. The number of nitrogens with zero attached hydrogens (tertiary/aromatic N) is 2. The first-order valence-corrected chi connectivity index (χ1v) is 6.95. The SMILES string of the molecule is CC1(C(=O)Nc2nc3ccccc3nc2Cl)COCC1N. The summed E-state index contributed by atoms with van der Waals surface area (Å²) < 4.78 is 5.28. The Morgan fingerprint density at radius 2 is 2.10 bits per heavy atom. The lowest BCUT2D eigenvalue weighted by molar-refractivity contribution is -0.125. The fraction of sp³-hybridized carbons (Fsp3) is 0.357. The van der Waals surface area contributed by atoms with E-state index in [1.165, 1.54) is 0 Å². The number of halogens is 1. The van der Waals surface area contributed by atoms with Gasteiger partial charge in [0.2, 0.25) is 5.91 Å². The number of ether oxygens (including phenoxy) is 1. The summed E-state index contributed by atoms with van der Waals surface area (Å²) in [6, 6.07) is 6.95. The number of hydrogen-bond donors (Lipinski definition) is 2. The van der Waals surface area contributed by atoms with Gasteiger partial charge in [-0.3, -0.25) is 4.79 Å². The molecule has 110 valence electrons. The molecule has 1 aromatic heterocycles. The Morgan fingerprint density at radius 3 is 2.71 bits per heavy atom. The number of hydrogen-bond acceptors (Lipinski definition) is 5. The van der Waals surface area contributed by atoms with Crippen LogP contribution in [0.15, 0.2) is 24.3 Å². The number of nitrogens with two attached hydrogens (primary N) is 1. The summed E-state index contributed by atoms with van der Waals surface area (Å²) in [5, 5.41) is 2.86. The van der Waals surface area contributed by atoms with Crippen molar-refractivity contribution in [3.8, 4) is 0 Å². The molecule has 0 bridgehead atoms. The number of benzene rings is 1. The molecular formula is C14H15ClN4O2. The Bertz CT molecular complexity index is 708. The minimum Gasteiger partial charge on any atom is -0.379 e. The first-order chi connectivity index (χ1) is 10.0. The average Bonchev–Trinajstić information content (AvgIpc) is 2.81. The number of carbonyl (C=O) groups excluding carboxylic acids is 1. The lowest BCUT2D eigenvalue weighted by Gasteiger charge is -2.25. The van der Waals surface area contributed by atoms with Crippen LogP contribution >= 0.6 is 11.6 Å². The van der Waals surface area contributed by atoms with Crippen LogP contribution in [0.1, 0.15) is 6.92 Å². The first-order valence-electron chi connectivity index (χ1n) is 6.58. The van der Waals surface area contributed by atoms with Crippen LogP contribution in [0.25, 0.3) is 11.0 Å². The van der Waals surface area contributed by atoms with Gasteiger partial charge in [-0.2, -0.15) is 0 Å². The third-order valence-corrected chi connectivity index (χ3v) is 4.06. The van der Waals surface area contributed by atoms with Gasteiger partial charge in [0.05, 0.1) is 29.7 Å². The summed E-state index contributed by atoms with van der Waals surface area (Å²) in [6.07, 6.45) is 0. The molecule has 0 radical (unpaired) electrons. The van der Waals surface area contributed by atoms with Gasteiger partial charge in [-0.25, -0.2) is 9.97 Å². The predicted octanol–water partition coefficient (Wildman–Crippen LogP) is 1.59. The highest BCUT2D eigenvalue weighted by Crippen LogP contribution is 2.30. The summed E-state index contributed by atoms with van der Waals surface area (Å²) in [6.45, 7) is 2.40. The van der Waals surface area contributed by atoms with Crippen LogP contribution in [0, 0.1) is 5.41 Å². The standard InChI is InChI=1S/C14H15ClN4O2/c1-14(7-21-6-10(14)16)13(20)19-12-11(15)17-8-4-2-3-5-9(8)18-12/h2-5,10H,6-7,16H2,1H3,(H,18,19,20). The van der Waals surface area contributed by atoms with Crippen molar-refractivity contribution in [2.45, 2.75) is 13.0 Å². The van der Waals surface area contributed by atoms with Crippen LogP contribution in [0.2, 0.25) is 5.15 Å². The van der Waals surface area contributed by atoms with Gasteiger partial charge in [0.15, 0.2) is 11.0 Å². The van der Waals surface area contributed by atoms with Gasteiger partial charge >= 0.3 is 0 Å². The minimum absolute atomic E-state index is 0.151. The van der Waals surface area contributed by atoms with E-state index in [2.05, 4.69) is 15.3 Å². The van der Waals surface area contributed by atoms with Gasteiger partial charge in [0.1, 0.15) is 0 Å². The molecule has 0 spiro atoms. The Hall–Kier alpha value is -1.76. The number of anilines is 1. The van der Waals surface area contributed by atoms with Gasteiger partial charge in [-0.15, -0.1) is 0 Å². The van der Waals surface area contributed by atoms with Crippen molar-refractivity contribution in [2.24, 2.45) is 11.1 Å². The molecule has 1 aliphatic heterocycles. The Balaban J connectivity index is 1.91. The fourth-order valence-corrected chi connectivity index (χ4v) is 2.41. The van der Waals surface area contributed by atoms with Crippen molar-refractivity contribution in [1.29, 1.82) is 0 Å². The Kier molecular flexibility index (Phi) is 3.52. The predicted molar refractivity (Wildman–Crippen MR) is 80.1 cm³/mol. The number of carbonyl (C=O) groups is 1. The normalized spacial score (nSPS) is 25.2. The number of fused-ring (bicyclic) bond motifs is 1. The van der Waals surface area contributed by atoms with E-state index in [4.69, 9.17) is 22.1 Å². The molecule has 0 aliphatic carbocycles. The molecule has 2 unspecified atom stereocenters. The van der Waals surface area contributed by atoms with Crippen molar-refractivity contribution >= 4 is 34.4 Å². The molecule has 21 heavy (non-hydrogen) atoms. The third kappa shape index (κ3) is 2.46. The largest absolute Gasteiger partial charge is 0.379 e. The molecule has 1 amide bonds. The Labute approximate surface area is 126 Å². The molecular weight excluding hydrogens is 292 g/mol. The van der Waals surface area contributed by atoms with Crippen molar-refractivity contribution in [1.82, 2.24) is 9.97 Å². The molecule has 2 aromatic rings. The summed E-state index contributed by atoms with van der Waals surface area (Å²) in [7, 11) is 0. The molecule has 1 aliphatic rings. The zero-order valence-corrected chi connectivity index (χ0v) is 12.2. The van der Waals surface area contributed by atoms with Gasteiger partial charge < -0.3 is 15.8 Å². The summed E-state index contributed by atoms with van der Waals surface area (Å²) >= 11 is 6.08. The van der Waals surface area contributed by atoms with Crippen LogP contribution in [-0.4, -0.2) is 35.1 Å². The third-order valence-electron chi connectivity index (χ3n) is 3.80. The summed E-state index contributed by atoms with van der Waals surface area (Å²) in [5.41, 5.74) is 6.48. The van der Waals surface area contributed by atoms with Crippen molar-refractivity contribution in [3.63, 3.8) is 0 Å². The van der Waals surface area contributed by atoms with Crippen LogP contribution < -0.4 is 11.1 Å². The maximum Gasteiger partial charge on any atom is 0.235 e. The second kappa shape index (κ2) is 5.22. The van der Waals surface area contributed by atoms with Gasteiger partial charge in [0, 0.05) is 6.04 Å². The molecule has 6 nitrogen and oxygen atoms in total. The van der Waals surface area contributed by atoms with Crippen LogP contribution in [0.3, 0.4) is 0 Å². The first kappa shape index (κ1) is 14.2. The molecule has 2 atom stereocenters. The van der Waals surface area contributed by atoms with E-state index in [0.717, 1.165) is 0 Å². The highest BCUT2D eigenvalue weighted by atomic mass is 35.5. The van der Waals surface area contributed by atoms with Crippen LogP contribution in [-0.2, 0) is 9.53 Å². The second-order valence-corrected chi connectivity index (χ2v) is 5.70. The maximum atomic E-state index is 12.4. The zero-order valence-electron chi connectivity index (χ0n) is 11.5.